The van der Waals surface area contributed by atoms with Gasteiger partial charge in [-0.2, -0.15) is 0 Å². The number of hydrogen-bond acceptors (Lipinski definition) is 2. The Bertz CT molecular complexity index is 1270. The first-order chi connectivity index (χ1) is 14.5. The minimum atomic E-state index is -0.329. The number of carbonyl (C=O) groups is 2. The van der Waals surface area contributed by atoms with Crippen LogP contribution in [0.3, 0.4) is 0 Å². The van der Waals surface area contributed by atoms with Crippen molar-refractivity contribution in [3.8, 4) is 0 Å². The predicted octanol–water partition coefficient (Wildman–Crippen LogP) is 6.60. The molecule has 2 N–H and O–H groups in total. The zero-order valence-corrected chi connectivity index (χ0v) is 18.6. The molecule has 148 valence electrons. The lowest BCUT2D eigenvalue weighted by atomic mass is 10.1. The van der Waals surface area contributed by atoms with Crippen molar-refractivity contribution in [2.75, 3.05) is 10.6 Å². The molecule has 0 spiro atoms. The van der Waals surface area contributed by atoms with E-state index in [1.807, 2.05) is 48.5 Å². The van der Waals surface area contributed by atoms with Crippen LogP contribution in [0, 0.1) is 3.57 Å². The third-order valence-electron chi connectivity index (χ3n) is 4.59. The van der Waals surface area contributed by atoms with Crippen molar-refractivity contribution in [3.05, 3.63) is 105 Å². The number of halogens is 2. The molecule has 4 rings (SSSR count). The van der Waals surface area contributed by atoms with E-state index in [2.05, 4.69) is 33.2 Å². The van der Waals surface area contributed by atoms with Gasteiger partial charge in [-0.1, -0.05) is 54.1 Å². The second-order valence-corrected chi connectivity index (χ2v) is 8.29. The van der Waals surface area contributed by atoms with Crippen LogP contribution >= 0.6 is 34.2 Å². The maximum absolute atomic E-state index is 12.8. The van der Waals surface area contributed by atoms with Gasteiger partial charge < -0.3 is 10.6 Å². The number of amides is 2. The molecule has 4 nitrogen and oxygen atoms in total. The van der Waals surface area contributed by atoms with E-state index in [1.54, 1.807) is 36.4 Å². The van der Waals surface area contributed by atoms with E-state index in [4.69, 9.17) is 11.6 Å². The summed E-state index contributed by atoms with van der Waals surface area (Å²) in [5.41, 5.74) is 2.07. The fourth-order valence-corrected chi connectivity index (χ4v) is 3.83. The Morgan fingerprint density at radius 3 is 2.40 bits per heavy atom. The normalized spacial score (nSPS) is 10.6. The lowest BCUT2D eigenvalue weighted by Gasteiger charge is -2.11. The van der Waals surface area contributed by atoms with Gasteiger partial charge >= 0.3 is 0 Å². The summed E-state index contributed by atoms with van der Waals surface area (Å²) in [5, 5.41) is 8.15. The average molecular weight is 527 g/mol. The lowest BCUT2D eigenvalue weighted by Crippen LogP contribution is -2.15. The maximum Gasteiger partial charge on any atom is 0.257 e. The molecular weight excluding hydrogens is 511 g/mol. The SMILES string of the molecule is O=C(Nc1cccc2ccccc12)c1cccc(NC(=O)c2cc(I)ccc2Cl)c1. The van der Waals surface area contributed by atoms with Crippen molar-refractivity contribution in [1.82, 2.24) is 0 Å². The highest BCUT2D eigenvalue weighted by Crippen LogP contribution is 2.24. The third kappa shape index (κ3) is 4.47. The number of rotatable bonds is 4. The molecule has 0 aliphatic carbocycles. The quantitative estimate of drug-likeness (QED) is 0.294. The molecule has 0 fully saturated rings. The van der Waals surface area contributed by atoms with E-state index in [-0.39, 0.29) is 11.8 Å². The van der Waals surface area contributed by atoms with Gasteiger partial charge in [-0.15, -0.1) is 0 Å². The third-order valence-corrected chi connectivity index (χ3v) is 5.59. The summed E-state index contributed by atoms with van der Waals surface area (Å²) >= 11 is 8.27. The van der Waals surface area contributed by atoms with Crippen LogP contribution in [0.2, 0.25) is 5.02 Å². The number of fused-ring (bicyclic) bond motifs is 1. The fraction of sp³-hybridized carbons (Fsp3) is 0. The molecule has 0 unspecified atom stereocenters. The molecule has 0 aliphatic heterocycles. The van der Waals surface area contributed by atoms with Crippen LogP contribution in [-0.4, -0.2) is 11.8 Å². The van der Waals surface area contributed by atoms with Crippen LogP contribution < -0.4 is 10.6 Å². The van der Waals surface area contributed by atoms with Crippen molar-refractivity contribution in [3.63, 3.8) is 0 Å². The summed E-state index contributed by atoms with van der Waals surface area (Å²) in [6, 6.07) is 25.7. The van der Waals surface area contributed by atoms with Crippen LogP contribution in [-0.2, 0) is 0 Å². The second kappa shape index (κ2) is 8.85. The molecule has 2 amide bonds. The second-order valence-electron chi connectivity index (χ2n) is 6.64. The maximum atomic E-state index is 12.8. The van der Waals surface area contributed by atoms with Gasteiger partial charge in [-0.3, -0.25) is 9.59 Å². The molecule has 30 heavy (non-hydrogen) atoms. The minimum Gasteiger partial charge on any atom is -0.322 e. The number of anilines is 2. The summed E-state index contributed by atoms with van der Waals surface area (Å²) in [7, 11) is 0. The molecule has 0 atom stereocenters. The van der Waals surface area contributed by atoms with Gasteiger partial charge in [0, 0.05) is 25.9 Å². The van der Waals surface area contributed by atoms with Crippen LogP contribution in [0.15, 0.2) is 84.9 Å². The molecule has 4 aromatic carbocycles. The molecule has 0 aliphatic rings. The minimum absolute atomic E-state index is 0.255. The lowest BCUT2D eigenvalue weighted by molar-refractivity contribution is 0.101. The highest BCUT2D eigenvalue weighted by molar-refractivity contribution is 14.1. The average Bonchev–Trinajstić information content (AvgIpc) is 2.76. The predicted molar refractivity (Wildman–Crippen MR) is 130 cm³/mol. The molecule has 0 radical (unpaired) electrons. The Morgan fingerprint density at radius 2 is 1.53 bits per heavy atom. The monoisotopic (exact) mass is 526 g/mol. The molecule has 0 saturated heterocycles. The van der Waals surface area contributed by atoms with E-state index >= 15 is 0 Å². The Labute approximate surface area is 192 Å². The van der Waals surface area contributed by atoms with Gasteiger partial charge in [-0.05, 0) is 70.4 Å². The standard InChI is InChI=1S/C24H16ClIN2O2/c25-21-12-11-17(26)14-20(21)24(30)27-18-8-3-7-16(13-18)23(29)28-22-10-4-6-15-5-1-2-9-19(15)22/h1-14H,(H,27,30)(H,28,29). The largest absolute Gasteiger partial charge is 0.322 e. The van der Waals surface area contributed by atoms with Gasteiger partial charge in [0.2, 0.25) is 0 Å². The Balaban J connectivity index is 1.55. The first-order valence-electron chi connectivity index (χ1n) is 9.17. The highest BCUT2D eigenvalue weighted by Gasteiger charge is 2.13. The summed E-state index contributed by atoms with van der Waals surface area (Å²) in [6.45, 7) is 0. The van der Waals surface area contributed by atoms with E-state index in [9.17, 15) is 9.59 Å². The zero-order valence-electron chi connectivity index (χ0n) is 15.7. The van der Waals surface area contributed by atoms with Gasteiger partial charge in [0.25, 0.3) is 11.8 Å². The van der Waals surface area contributed by atoms with Crippen molar-refractivity contribution in [2.45, 2.75) is 0 Å². The molecule has 0 bridgehead atoms. The van der Waals surface area contributed by atoms with Crippen LogP contribution in [0.5, 0.6) is 0 Å². The van der Waals surface area contributed by atoms with Gasteiger partial charge in [0.15, 0.2) is 0 Å². The van der Waals surface area contributed by atoms with Gasteiger partial charge in [0.1, 0.15) is 0 Å². The number of nitrogens with one attached hydrogen (secondary N) is 2. The van der Waals surface area contributed by atoms with Crippen molar-refractivity contribution < 1.29 is 9.59 Å². The highest BCUT2D eigenvalue weighted by atomic mass is 127. The van der Waals surface area contributed by atoms with E-state index in [0.29, 0.717) is 21.8 Å². The van der Waals surface area contributed by atoms with Crippen molar-refractivity contribution >= 4 is 68.2 Å². The first-order valence-corrected chi connectivity index (χ1v) is 10.6. The van der Waals surface area contributed by atoms with Gasteiger partial charge in [-0.25, -0.2) is 0 Å². The molecule has 0 aromatic heterocycles. The van der Waals surface area contributed by atoms with Crippen molar-refractivity contribution in [2.24, 2.45) is 0 Å². The summed E-state index contributed by atoms with van der Waals surface area (Å²) in [5.74, 6) is -0.583. The summed E-state index contributed by atoms with van der Waals surface area (Å²) < 4.78 is 0.908. The summed E-state index contributed by atoms with van der Waals surface area (Å²) in [6.07, 6.45) is 0. The zero-order chi connectivity index (χ0) is 21.1. The number of carbonyl (C=O) groups excluding carboxylic acids is 2. The van der Waals surface area contributed by atoms with E-state index < -0.39 is 0 Å². The number of hydrogen-bond donors (Lipinski definition) is 2. The Kier molecular flexibility index (Phi) is 6.01. The first kappa shape index (κ1) is 20.4. The van der Waals surface area contributed by atoms with Gasteiger partial charge in [0.05, 0.1) is 10.6 Å². The smallest absolute Gasteiger partial charge is 0.257 e. The van der Waals surface area contributed by atoms with Crippen LogP contribution in [0.25, 0.3) is 10.8 Å². The van der Waals surface area contributed by atoms with E-state index in [0.717, 1.165) is 20.0 Å². The fourth-order valence-electron chi connectivity index (χ4n) is 3.14. The number of benzene rings is 4. The van der Waals surface area contributed by atoms with E-state index in [1.165, 1.54) is 0 Å². The Morgan fingerprint density at radius 1 is 0.767 bits per heavy atom. The topological polar surface area (TPSA) is 58.2 Å². The molecule has 0 heterocycles. The Hall–Kier alpha value is -2.90. The van der Waals surface area contributed by atoms with Crippen LogP contribution in [0.4, 0.5) is 11.4 Å². The summed E-state index contributed by atoms with van der Waals surface area (Å²) in [4.78, 5) is 25.4. The van der Waals surface area contributed by atoms with Crippen LogP contribution in [0.1, 0.15) is 20.7 Å². The molecular formula is C24H16ClIN2O2. The molecule has 0 saturated carbocycles. The molecule has 4 aromatic rings. The van der Waals surface area contributed by atoms with Crippen molar-refractivity contribution in [1.29, 1.82) is 0 Å². The molecule has 6 heteroatoms.